The number of nitrogens with one attached hydrogen (secondary N) is 3. The van der Waals surface area contributed by atoms with E-state index >= 15 is 0 Å². The van der Waals surface area contributed by atoms with E-state index in [1.807, 2.05) is 0 Å². The molecule has 1 fully saturated rings. The van der Waals surface area contributed by atoms with Crippen molar-refractivity contribution in [1.29, 1.82) is 4.78 Å². The predicted octanol–water partition coefficient (Wildman–Crippen LogP) is 3.27. The first kappa shape index (κ1) is 20.8. The second-order valence-electron chi connectivity index (χ2n) is 8.63. The Bertz CT molecular complexity index is 1070. The van der Waals surface area contributed by atoms with Crippen molar-refractivity contribution in [3.05, 3.63) is 34.8 Å². The van der Waals surface area contributed by atoms with Gasteiger partial charge in [-0.05, 0) is 45.4 Å². The van der Waals surface area contributed by atoms with Gasteiger partial charge in [-0.15, -0.1) is 0 Å². The average Bonchev–Trinajstić information content (AvgIpc) is 3.28. The van der Waals surface area contributed by atoms with Crippen LogP contribution in [0.1, 0.15) is 62.0 Å². The number of amides is 2. The maximum atomic E-state index is 12.8. The third kappa shape index (κ3) is 4.20. The molecule has 4 N–H and O–H groups in total. The van der Waals surface area contributed by atoms with E-state index < -0.39 is 21.5 Å². The van der Waals surface area contributed by atoms with Gasteiger partial charge in [-0.3, -0.25) is 0 Å². The van der Waals surface area contributed by atoms with Crippen molar-refractivity contribution >= 4 is 21.6 Å². The summed E-state index contributed by atoms with van der Waals surface area (Å²) in [5, 5.41) is 21.3. The van der Waals surface area contributed by atoms with Gasteiger partial charge in [-0.25, -0.2) is 18.5 Å². The molecule has 10 heteroatoms. The van der Waals surface area contributed by atoms with Gasteiger partial charge in [0.05, 0.1) is 28.9 Å². The minimum Gasteiger partial charge on any atom is -0.452 e. The zero-order chi connectivity index (χ0) is 21.5. The minimum atomic E-state index is -3.74. The molecule has 2 amide bonds. The highest BCUT2D eigenvalue weighted by Crippen LogP contribution is 2.35. The van der Waals surface area contributed by atoms with Crippen LogP contribution in [-0.2, 0) is 34.8 Å². The SMILES string of the molecule is CC(C)(O)c1coc(S(=N)(=O)NC(=O)Nc2c(CC3CCC3)nnc3c2CCC3)c1. The zero-order valence-corrected chi connectivity index (χ0v) is 18.0. The van der Waals surface area contributed by atoms with Gasteiger partial charge in [0.2, 0.25) is 5.09 Å². The summed E-state index contributed by atoms with van der Waals surface area (Å²) in [6.07, 6.45) is 8.07. The lowest BCUT2D eigenvalue weighted by Gasteiger charge is -2.26. The first-order valence-corrected chi connectivity index (χ1v) is 11.8. The van der Waals surface area contributed by atoms with Gasteiger partial charge in [0.1, 0.15) is 0 Å². The lowest BCUT2D eigenvalue weighted by Crippen LogP contribution is -2.34. The molecule has 1 atom stereocenters. The summed E-state index contributed by atoms with van der Waals surface area (Å²) < 4.78 is 28.3. The fourth-order valence-corrected chi connectivity index (χ4v) is 4.71. The number of rotatable bonds is 6. The van der Waals surface area contributed by atoms with Crippen molar-refractivity contribution in [2.45, 2.75) is 69.5 Å². The van der Waals surface area contributed by atoms with E-state index in [0.717, 1.165) is 55.5 Å². The third-order valence-electron chi connectivity index (χ3n) is 5.82. The summed E-state index contributed by atoms with van der Waals surface area (Å²) in [7, 11) is -3.74. The average molecular weight is 434 g/mol. The van der Waals surface area contributed by atoms with Crippen molar-refractivity contribution in [1.82, 2.24) is 14.9 Å². The first-order chi connectivity index (χ1) is 14.1. The van der Waals surface area contributed by atoms with Gasteiger partial charge in [-0.2, -0.15) is 10.2 Å². The van der Waals surface area contributed by atoms with Crippen molar-refractivity contribution < 1.29 is 18.5 Å². The minimum absolute atomic E-state index is 0.220. The van der Waals surface area contributed by atoms with Crippen LogP contribution in [0.2, 0.25) is 0 Å². The molecule has 2 aliphatic carbocycles. The molecule has 1 unspecified atom stereocenters. The molecule has 4 rings (SSSR count). The lowest BCUT2D eigenvalue weighted by molar-refractivity contribution is 0.0779. The van der Waals surface area contributed by atoms with Crippen LogP contribution < -0.4 is 10.0 Å². The van der Waals surface area contributed by atoms with Crippen molar-refractivity contribution in [3.63, 3.8) is 0 Å². The van der Waals surface area contributed by atoms with Crippen molar-refractivity contribution in [2.24, 2.45) is 5.92 Å². The molecule has 2 aromatic heterocycles. The number of nitrogens with zero attached hydrogens (tertiary/aromatic N) is 2. The van der Waals surface area contributed by atoms with Crippen LogP contribution in [0.25, 0.3) is 0 Å². The van der Waals surface area contributed by atoms with Crippen LogP contribution in [0.4, 0.5) is 10.5 Å². The largest absolute Gasteiger partial charge is 0.452 e. The Morgan fingerprint density at radius 2 is 2.10 bits per heavy atom. The number of aliphatic hydroxyl groups is 1. The molecule has 1 saturated carbocycles. The maximum Gasteiger partial charge on any atom is 0.332 e. The van der Waals surface area contributed by atoms with Gasteiger partial charge in [-0.1, -0.05) is 19.3 Å². The van der Waals surface area contributed by atoms with Gasteiger partial charge >= 0.3 is 6.03 Å². The number of hydrogen-bond acceptors (Lipinski definition) is 7. The molecule has 162 valence electrons. The number of anilines is 1. The lowest BCUT2D eigenvalue weighted by atomic mass is 9.81. The quantitative estimate of drug-likeness (QED) is 0.551. The summed E-state index contributed by atoms with van der Waals surface area (Å²) in [4.78, 5) is 12.7. The van der Waals surface area contributed by atoms with Crippen LogP contribution in [0.3, 0.4) is 0 Å². The molecule has 30 heavy (non-hydrogen) atoms. The van der Waals surface area contributed by atoms with Gasteiger partial charge in [0.15, 0.2) is 9.92 Å². The summed E-state index contributed by atoms with van der Waals surface area (Å²) >= 11 is 0. The summed E-state index contributed by atoms with van der Waals surface area (Å²) in [6.45, 7) is 3.10. The maximum absolute atomic E-state index is 12.8. The molecule has 0 saturated heterocycles. The Balaban J connectivity index is 1.53. The van der Waals surface area contributed by atoms with Gasteiger partial charge in [0.25, 0.3) is 0 Å². The number of urea groups is 1. The molecule has 0 spiro atoms. The monoisotopic (exact) mass is 433 g/mol. The molecule has 2 heterocycles. The zero-order valence-electron chi connectivity index (χ0n) is 17.2. The number of aryl methyl sites for hydroxylation is 1. The highest BCUT2D eigenvalue weighted by Gasteiger charge is 2.28. The number of carbonyl (C=O) groups is 1. The fraction of sp³-hybridized carbons (Fsp3) is 0.550. The molecule has 0 radical (unpaired) electrons. The van der Waals surface area contributed by atoms with Crippen LogP contribution in [0.5, 0.6) is 0 Å². The molecule has 0 bridgehead atoms. The Kier molecular flexibility index (Phi) is 5.31. The molecule has 0 aliphatic heterocycles. The highest BCUT2D eigenvalue weighted by molar-refractivity contribution is 7.91. The normalized spacial score (nSPS) is 18.4. The third-order valence-corrected chi connectivity index (χ3v) is 7.07. The topological polar surface area (TPSA) is 141 Å². The Morgan fingerprint density at radius 1 is 1.33 bits per heavy atom. The van der Waals surface area contributed by atoms with Gasteiger partial charge in [0, 0.05) is 17.2 Å². The molecule has 9 nitrogen and oxygen atoms in total. The number of furan rings is 1. The van der Waals surface area contributed by atoms with E-state index in [2.05, 4.69) is 20.2 Å². The Morgan fingerprint density at radius 3 is 2.73 bits per heavy atom. The summed E-state index contributed by atoms with van der Waals surface area (Å²) in [5.74, 6) is 0.547. The molecular weight excluding hydrogens is 406 g/mol. The second kappa shape index (κ2) is 7.66. The number of aromatic nitrogens is 2. The van der Waals surface area contributed by atoms with E-state index in [1.165, 1.54) is 18.8 Å². The smallest absolute Gasteiger partial charge is 0.332 e. The van der Waals surface area contributed by atoms with Gasteiger partial charge < -0.3 is 14.8 Å². The van der Waals surface area contributed by atoms with Crippen LogP contribution >= 0.6 is 0 Å². The van der Waals surface area contributed by atoms with Crippen molar-refractivity contribution in [2.75, 3.05) is 5.32 Å². The van der Waals surface area contributed by atoms with E-state index in [1.54, 1.807) is 13.8 Å². The van der Waals surface area contributed by atoms with E-state index in [-0.39, 0.29) is 5.09 Å². The number of carbonyl (C=O) groups excluding carboxylic acids is 1. The van der Waals surface area contributed by atoms with Crippen molar-refractivity contribution in [3.8, 4) is 0 Å². The molecule has 0 aromatic carbocycles. The standard InChI is InChI=1S/C20H27N5O4S/c1-20(2,27)13-10-17(29-11-13)30(21,28)25-19(26)22-18-14-7-4-8-15(14)23-24-16(18)9-12-5-3-6-12/h10-12,27H,3-9H2,1-2H3,(H3,21,22,23,25,26,28). The van der Waals surface area contributed by atoms with E-state index in [0.29, 0.717) is 17.2 Å². The Hall–Kier alpha value is -2.46. The number of hydrogen-bond donors (Lipinski definition) is 4. The predicted molar refractivity (Wildman–Crippen MR) is 110 cm³/mol. The summed E-state index contributed by atoms with van der Waals surface area (Å²) in [5.41, 5.74) is 2.41. The first-order valence-electron chi connectivity index (χ1n) is 10.2. The molecular formula is C20H27N5O4S. The summed E-state index contributed by atoms with van der Waals surface area (Å²) in [6, 6.07) is 0.566. The van der Waals surface area contributed by atoms with E-state index in [4.69, 9.17) is 9.20 Å². The van der Waals surface area contributed by atoms with Crippen LogP contribution in [-0.4, -0.2) is 25.5 Å². The highest BCUT2D eigenvalue weighted by atomic mass is 32.2. The van der Waals surface area contributed by atoms with Crippen LogP contribution in [0, 0.1) is 10.7 Å². The van der Waals surface area contributed by atoms with E-state index in [9.17, 15) is 14.1 Å². The Labute approximate surface area is 175 Å². The fourth-order valence-electron chi connectivity index (χ4n) is 3.82. The molecule has 2 aliphatic rings. The van der Waals surface area contributed by atoms with Crippen LogP contribution in [0.15, 0.2) is 21.8 Å². The number of fused-ring (bicyclic) bond motifs is 1. The molecule has 2 aromatic rings. The second-order valence-corrected chi connectivity index (χ2v) is 10.3.